The highest BCUT2D eigenvalue weighted by molar-refractivity contribution is 6.54. The SMILES string of the molecule is CC.CC.O=C1C(c2[nH]c3c(c2O)=CCCC=3)=Nc2ccccc21. The predicted octanol–water partition coefficient (Wildman–Crippen LogP) is 3.44. The molecular formula is C20H24N2O2. The van der Waals surface area contributed by atoms with Crippen LogP contribution >= 0.6 is 0 Å². The highest BCUT2D eigenvalue weighted by atomic mass is 16.3. The molecule has 1 aliphatic heterocycles. The van der Waals surface area contributed by atoms with Crippen molar-refractivity contribution in [3.05, 3.63) is 46.1 Å². The van der Waals surface area contributed by atoms with Crippen molar-refractivity contribution >= 4 is 29.3 Å². The number of rotatable bonds is 1. The van der Waals surface area contributed by atoms with Gasteiger partial charge in [-0.1, -0.05) is 52.0 Å². The lowest BCUT2D eigenvalue weighted by Gasteiger charge is -1.96. The number of benzene rings is 1. The Morgan fingerprint density at radius 2 is 1.71 bits per heavy atom. The van der Waals surface area contributed by atoms with E-state index in [2.05, 4.69) is 9.98 Å². The molecule has 0 bridgehead atoms. The molecule has 0 saturated heterocycles. The second-order valence-corrected chi connectivity index (χ2v) is 4.97. The quantitative estimate of drug-likeness (QED) is 0.844. The number of hydrogen-bond acceptors (Lipinski definition) is 3. The zero-order valence-corrected chi connectivity index (χ0v) is 14.7. The number of aromatic nitrogens is 1. The Morgan fingerprint density at radius 1 is 1.04 bits per heavy atom. The van der Waals surface area contributed by atoms with Crippen molar-refractivity contribution < 1.29 is 9.90 Å². The Bertz CT molecular complexity index is 889. The van der Waals surface area contributed by atoms with Gasteiger partial charge in [0.1, 0.15) is 17.2 Å². The summed E-state index contributed by atoms with van der Waals surface area (Å²) in [7, 11) is 0. The van der Waals surface area contributed by atoms with Crippen LogP contribution in [0.4, 0.5) is 5.69 Å². The average molecular weight is 324 g/mol. The number of H-pyrrole nitrogens is 1. The maximum atomic E-state index is 12.4. The summed E-state index contributed by atoms with van der Waals surface area (Å²) in [6.07, 6.45) is 5.86. The van der Waals surface area contributed by atoms with Crippen LogP contribution in [0, 0.1) is 0 Å². The average Bonchev–Trinajstić information content (AvgIpc) is 3.17. The fraction of sp³-hybridized carbons (Fsp3) is 0.300. The summed E-state index contributed by atoms with van der Waals surface area (Å²) in [6, 6.07) is 7.22. The minimum absolute atomic E-state index is 0.121. The number of fused-ring (bicyclic) bond motifs is 2. The first kappa shape index (κ1) is 17.7. The van der Waals surface area contributed by atoms with Crippen LogP contribution in [0.15, 0.2) is 29.3 Å². The minimum atomic E-state index is -0.144. The van der Waals surface area contributed by atoms with Gasteiger partial charge >= 0.3 is 0 Å². The van der Waals surface area contributed by atoms with Gasteiger partial charge in [0.15, 0.2) is 0 Å². The van der Waals surface area contributed by atoms with Crippen molar-refractivity contribution in [3.63, 3.8) is 0 Å². The molecule has 2 N–H and O–H groups in total. The van der Waals surface area contributed by atoms with E-state index in [1.165, 1.54) is 0 Å². The summed E-state index contributed by atoms with van der Waals surface area (Å²) in [4.78, 5) is 19.9. The predicted molar refractivity (Wildman–Crippen MR) is 99.5 cm³/mol. The smallest absolute Gasteiger partial charge is 0.215 e. The van der Waals surface area contributed by atoms with Gasteiger partial charge in [-0.3, -0.25) is 4.79 Å². The molecule has 126 valence electrons. The molecule has 1 aliphatic carbocycles. The molecule has 4 nitrogen and oxygen atoms in total. The van der Waals surface area contributed by atoms with Crippen LogP contribution in [-0.4, -0.2) is 21.6 Å². The van der Waals surface area contributed by atoms with Crippen LogP contribution in [-0.2, 0) is 0 Å². The van der Waals surface area contributed by atoms with Crippen LogP contribution in [0.2, 0.25) is 0 Å². The lowest BCUT2D eigenvalue weighted by Crippen LogP contribution is -2.24. The second-order valence-electron chi connectivity index (χ2n) is 4.97. The van der Waals surface area contributed by atoms with E-state index in [1.807, 2.05) is 52.0 Å². The number of aromatic amines is 1. The number of carbonyl (C=O) groups is 1. The third-order valence-electron chi connectivity index (χ3n) is 3.74. The van der Waals surface area contributed by atoms with Gasteiger partial charge in [-0.2, -0.15) is 0 Å². The van der Waals surface area contributed by atoms with E-state index < -0.39 is 0 Å². The van der Waals surface area contributed by atoms with E-state index in [4.69, 9.17) is 0 Å². The number of ketones is 1. The molecule has 24 heavy (non-hydrogen) atoms. The monoisotopic (exact) mass is 324 g/mol. The molecule has 0 unspecified atom stereocenters. The summed E-state index contributed by atoms with van der Waals surface area (Å²) in [5, 5.41) is 12.0. The van der Waals surface area contributed by atoms with Crippen LogP contribution < -0.4 is 10.6 Å². The lowest BCUT2D eigenvalue weighted by molar-refractivity contribution is 0.106. The van der Waals surface area contributed by atoms with Gasteiger partial charge in [0.2, 0.25) is 5.78 Å². The molecule has 2 aromatic rings. The Labute approximate surface area is 142 Å². The van der Waals surface area contributed by atoms with Crippen molar-refractivity contribution in [1.82, 2.24) is 4.98 Å². The van der Waals surface area contributed by atoms with E-state index in [9.17, 15) is 9.90 Å². The molecule has 1 aromatic carbocycles. The van der Waals surface area contributed by atoms with Crippen molar-refractivity contribution in [2.45, 2.75) is 40.5 Å². The third-order valence-corrected chi connectivity index (χ3v) is 3.74. The van der Waals surface area contributed by atoms with Crippen LogP contribution in [0.3, 0.4) is 0 Å². The fourth-order valence-corrected chi connectivity index (χ4v) is 2.75. The van der Waals surface area contributed by atoms with Crippen molar-refractivity contribution in [3.8, 4) is 5.75 Å². The first-order valence-corrected chi connectivity index (χ1v) is 8.60. The Hall–Kier alpha value is -2.62. The summed E-state index contributed by atoms with van der Waals surface area (Å²) < 4.78 is 0. The van der Waals surface area contributed by atoms with E-state index in [-0.39, 0.29) is 11.5 Å². The number of Topliss-reactive ketones (excluding diaryl/α,β-unsaturated/α-hetero) is 1. The number of aliphatic imine (C=N–C) groups is 1. The van der Waals surface area contributed by atoms with Crippen molar-refractivity contribution in [2.24, 2.45) is 4.99 Å². The van der Waals surface area contributed by atoms with Gasteiger partial charge in [0.25, 0.3) is 0 Å². The number of aromatic hydroxyl groups is 1. The van der Waals surface area contributed by atoms with Crippen molar-refractivity contribution in [2.75, 3.05) is 0 Å². The fourth-order valence-electron chi connectivity index (χ4n) is 2.75. The number of carbonyl (C=O) groups excluding carboxylic acids is 1. The summed E-state index contributed by atoms with van der Waals surface area (Å²) in [6.45, 7) is 8.00. The molecule has 2 heterocycles. The number of nitrogens with one attached hydrogen (secondary N) is 1. The topological polar surface area (TPSA) is 65.5 Å². The van der Waals surface area contributed by atoms with Gasteiger partial charge in [0, 0.05) is 16.1 Å². The molecule has 1 aromatic heterocycles. The first-order valence-electron chi connectivity index (χ1n) is 8.60. The number of nitrogens with zero attached hydrogens (tertiary/aromatic N) is 1. The largest absolute Gasteiger partial charge is 0.505 e. The van der Waals surface area contributed by atoms with Crippen LogP contribution in [0.25, 0.3) is 12.2 Å². The van der Waals surface area contributed by atoms with Gasteiger partial charge in [-0.15, -0.1) is 0 Å². The summed E-state index contributed by atoms with van der Waals surface area (Å²) in [5.74, 6) is -0.0228. The van der Waals surface area contributed by atoms with E-state index in [1.54, 1.807) is 12.1 Å². The standard InChI is InChI=1S/C16H12N2O2.2C2H6/c19-15-9-5-1-3-7-11(9)17-13(15)14-16(20)10-6-2-4-8-12(10)18-14;2*1-2/h1,3,5-8,18,20H,2,4H2;2*1-2H3. The van der Waals surface area contributed by atoms with Crippen molar-refractivity contribution in [1.29, 1.82) is 0 Å². The first-order chi connectivity index (χ1) is 11.8. The molecule has 0 radical (unpaired) electrons. The normalized spacial score (nSPS) is 13.8. The third kappa shape index (κ3) is 2.92. The summed E-state index contributed by atoms with van der Waals surface area (Å²) in [5.41, 5.74) is 1.96. The molecule has 0 atom stereocenters. The van der Waals surface area contributed by atoms with E-state index in [0.29, 0.717) is 22.7 Å². The van der Waals surface area contributed by atoms with Crippen LogP contribution in [0.1, 0.15) is 56.6 Å². The van der Waals surface area contributed by atoms with E-state index >= 15 is 0 Å². The molecule has 2 aliphatic rings. The van der Waals surface area contributed by atoms with Gasteiger partial charge in [-0.05, 0) is 25.0 Å². The molecule has 0 amide bonds. The minimum Gasteiger partial charge on any atom is -0.505 e. The Morgan fingerprint density at radius 3 is 2.38 bits per heavy atom. The second kappa shape index (κ2) is 7.77. The molecular weight excluding hydrogens is 300 g/mol. The highest BCUT2D eigenvalue weighted by Crippen LogP contribution is 2.29. The highest BCUT2D eigenvalue weighted by Gasteiger charge is 2.28. The zero-order chi connectivity index (χ0) is 17.7. The van der Waals surface area contributed by atoms with Gasteiger partial charge in [-0.25, -0.2) is 4.99 Å². The maximum absolute atomic E-state index is 12.4. The van der Waals surface area contributed by atoms with Gasteiger partial charge in [0.05, 0.1) is 5.69 Å². The van der Waals surface area contributed by atoms with Crippen LogP contribution in [0.5, 0.6) is 5.75 Å². The zero-order valence-electron chi connectivity index (χ0n) is 14.7. The Kier molecular flexibility index (Phi) is 5.74. The number of hydrogen-bond donors (Lipinski definition) is 2. The number of para-hydroxylation sites is 1. The molecule has 4 heteroatoms. The molecule has 0 spiro atoms. The van der Waals surface area contributed by atoms with Gasteiger partial charge < -0.3 is 10.1 Å². The summed E-state index contributed by atoms with van der Waals surface area (Å²) >= 11 is 0. The Balaban J connectivity index is 0.000000487. The molecule has 4 rings (SSSR count). The molecule has 0 saturated carbocycles. The van der Waals surface area contributed by atoms with E-state index in [0.717, 1.165) is 23.4 Å². The molecule has 0 fully saturated rings. The lowest BCUT2D eigenvalue weighted by atomic mass is 10.1. The maximum Gasteiger partial charge on any atom is 0.215 e.